The van der Waals surface area contributed by atoms with Gasteiger partial charge in [-0.1, -0.05) is 23.8 Å². The summed E-state index contributed by atoms with van der Waals surface area (Å²) in [4.78, 5) is 45.9. The van der Waals surface area contributed by atoms with Gasteiger partial charge in [0, 0.05) is 74.3 Å². The van der Waals surface area contributed by atoms with Crippen LogP contribution >= 0.6 is 0 Å². The number of piperidine rings is 1. The molecule has 56 heavy (non-hydrogen) atoms. The van der Waals surface area contributed by atoms with Crippen LogP contribution in [-0.4, -0.2) is 96.9 Å². The first-order valence-corrected chi connectivity index (χ1v) is 19.7. The second kappa shape index (κ2) is 15.7. The molecule has 3 aliphatic heterocycles. The van der Waals surface area contributed by atoms with Crippen molar-refractivity contribution in [3.05, 3.63) is 81.8 Å². The van der Waals surface area contributed by atoms with Crippen molar-refractivity contribution < 1.29 is 48.3 Å². The van der Waals surface area contributed by atoms with Gasteiger partial charge < -0.3 is 43.8 Å². The van der Waals surface area contributed by atoms with Crippen molar-refractivity contribution in [2.24, 2.45) is 11.8 Å². The monoisotopic (exact) mass is 766 g/mol. The number of nitrogens with zero attached hydrogens (tertiary/aromatic N) is 1. The molecule has 2 aliphatic carbocycles. The number of rotatable bonds is 11. The number of likely N-dealkylation sites (tertiary alicyclic amines) is 1. The van der Waals surface area contributed by atoms with E-state index in [1.165, 1.54) is 7.11 Å². The van der Waals surface area contributed by atoms with Crippen LogP contribution in [0.3, 0.4) is 0 Å². The van der Waals surface area contributed by atoms with Gasteiger partial charge in [0.05, 0.1) is 37.0 Å². The zero-order valence-electron chi connectivity index (χ0n) is 32.2. The van der Waals surface area contributed by atoms with Crippen LogP contribution in [0.1, 0.15) is 73.6 Å². The highest BCUT2D eigenvalue weighted by Gasteiger charge is 2.54. The summed E-state index contributed by atoms with van der Waals surface area (Å²) in [7, 11) is 3.24. The van der Waals surface area contributed by atoms with Crippen molar-refractivity contribution >= 4 is 34.5 Å². The molecular formula is C44H50N2O10. The standard InChI is InChI=1S/C44H50N2O10/c1-4-54-43(50)42-31(23-47)37(27-9-11-35(49)29(20-27)25-8-10-34-26(19-25)12-15-45-34)38-40(53-3)30-21-36(55-39(30)32(24-48)41(38)56-42)44(51)14-5-7-28-22-46(16-6-18-52-2)17-13-33(28)44/h5,7-8,10,12,15,19,23,28-29,33,36,45,48,51H,4,6,9,11,13-14,16-18,20-22,24H2,1-3H3/b37-27-/t28-,29-,33-,36+,44-/m1/s1. The molecule has 0 spiro atoms. The Morgan fingerprint density at radius 1 is 1.16 bits per heavy atom. The van der Waals surface area contributed by atoms with Crippen molar-refractivity contribution in [3.63, 3.8) is 0 Å². The predicted octanol–water partition coefficient (Wildman–Crippen LogP) is 5.34. The SMILES string of the molecule is CCOC(=O)C1=C(C=O)/C(=C2\CCC(=O)[C@@H](c3ccc4[nH]ccc4c3)C2)c2c(OC)c3c(c(CO)c2O1)O[C@H]([C@@]1(O)CC=C[C@@H]2CN(CCCOC)CC[C@H]21)C3. The van der Waals surface area contributed by atoms with Crippen molar-refractivity contribution in [2.75, 3.05) is 47.1 Å². The molecular weight excluding hydrogens is 716 g/mol. The van der Waals surface area contributed by atoms with E-state index in [0.717, 1.165) is 54.5 Å². The number of esters is 1. The number of aromatic nitrogens is 1. The zero-order chi connectivity index (χ0) is 39.1. The van der Waals surface area contributed by atoms with Crippen molar-refractivity contribution in [1.82, 2.24) is 9.88 Å². The minimum absolute atomic E-state index is 0.00566. The Labute approximate surface area is 326 Å². The third-order valence-electron chi connectivity index (χ3n) is 12.5. The highest BCUT2D eigenvalue weighted by atomic mass is 16.6. The van der Waals surface area contributed by atoms with Gasteiger partial charge in [-0.05, 0) is 80.6 Å². The van der Waals surface area contributed by atoms with Gasteiger partial charge in [0.25, 0.3) is 0 Å². The fraction of sp³-hybridized carbons (Fsp3) is 0.477. The van der Waals surface area contributed by atoms with Gasteiger partial charge in [-0.3, -0.25) is 9.59 Å². The molecule has 1 saturated carbocycles. The number of aliphatic hydroxyl groups excluding tert-OH is 1. The van der Waals surface area contributed by atoms with E-state index in [1.807, 2.05) is 36.5 Å². The summed E-state index contributed by atoms with van der Waals surface area (Å²) < 4.78 is 29.9. The Hall–Kier alpha value is -4.75. The summed E-state index contributed by atoms with van der Waals surface area (Å²) in [5.74, 6) is -0.625. The molecule has 4 heterocycles. The van der Waals surface area contributed by atoms with E-state index in [9.17, 15) is 24.6 Å². The minimum atomic E-state index is -1.21. The number of aliphatic hydroxyl groups is 2. The number of H-pyrrole nitrogens is 1. The van der Waals surface area contributed by atoms with E-state index in [-0.39, 0.29) is 59.7 Å². The van der Waals surface area contributed by atoms with Crippen molar-refractivity contribution in [2.45, 2.75) is 76.1 Å². The number of carbonyl (C=O) groups is 3. The number of hydrogen-bond donors (Lipinski definition) is 3. The number of ketones is 1. The Kier molecular flexibility index (Phi) is 10.7. The van der Waals surface area contributed by atoms with Crippen LogP contribution in [0.15, 0.2) is 59.5 Å². The molecule has 1 saturated heterocycles. The number of aromatic amines is 1. The summed E-state index contributed by atoms with van der Waals surface area (Å²) >= 11 is 0. The molecule has 3 N–H and O–H groups in total. The summed E-state index contributed by atoms with van der Waals surface area (Å²) in [5, 5.41) is 24.7. The number of carbonyl (C=O) groups excluding carboxylic acids is 3. The van der Waals surface area contributed by atoms with E-state index >= 15 is 0 Å². The number of fused-ring (bicyclic) bond motifs is 4. The maximum Gasteiger partial charge on any atom is 0.375 e. The number of allylic oxidation sites excluding steroid dienone is 3. The van der Waals surface area contributed by atoms with Crippen LogP contribution in [0.2, 0.25) is 0 Å². The molecule has 1 aromatic heterocycles. The van der Waals surface area contributed by atoms with Gasteiger partial charge in [-0.15, -0.1) is 0 Å². The molecule has 0 amide bonds. The van der Waals surface area contributed by atoms with Crippen LogP contribution < -0.4 is 14.2 Å². The Balaban J connectivity index is 1.22. The van der Waals surface area contributed by atoms with E-state index in [1.54, 1.807) is 14.0 Å². The van der Waals surface area contributed by atoms with E-state index in [0.29, 0.717) is 60.4 Å². The molecule has 3 aromatic rings. The van der Waals surface area contributed by atoms with E-state index in [2.05, 4.69) is 16.0 Å². The van der Waals surface area contributed by atoms with Crippen LogP contribution in [0.5, 0.6) is 17.2 Å². The second-order valence-electron chi connectivity index (χ2n) is 15.5. The number of benzene rings is 2. The first-order chi connectivity index (χ1) is 27.2. The average Bonchev–Trinajstić information content (AvgIpc) is 3.88. The lowest BCUT2D eigenvalue weighted by atomic mass is 9.66. The molecule has 0 bridgehead atoms. The van der Waals surface area contributed by atoms with Gasteiger partial charge >= 0.3 is 5.97 Å². The molecule has 0 radical (unpaired) electrons. The maximum absolute atomic E-state index is 13.6. The molecule has 2 aromatic carbocycles. The lowest BCUT2D eigenvalue weighted by molar-refractivity contribution is -0.141. The molecule has 5 aliphatic rings. The van der Waals surface area contributed by atoms with E-state index in [4.69, 9.17) is 23.7 Å². The predicted molar refractivity (Wildman–Crippen MR) is 207 cm³/mol. The second-order valence-corrected chi connectivity index (χ2v) is 15.5. The van der Waals surface area contributed by atoms with Crippen LogP contribution in [0.4, 0.5) is 0 Å². The molecule has 12 heteroatoms. The smallest absolute Gasteiger partial charge is 0.375 e. The third kappa shape index (κ3) is 6.46. The molecule has 12 nitrogen and oxygen atoms in total. The topological polar surface area (TPSA) is 157 Å². The number of ether oxygens (including phenoxy) is 5. The summed E-state index contributed by atoms with van der Waals surface area (Å²) in [6, 6.07) is 7.88. The average molecular weight is 767 g/mol. The first-order valence-electron chi connectivity index (χ1n) is 19.7. The summed E-state index contributed by atoms with van der Waals surface area (Å²) in [5.41, 5.74) is 3.16. The fourth-order valence-corrected chi connectivity index (χ4v) is 9.90. The molecule has 5 atom stereocenters. The molecule has 0 unspecified atom stereocenters. The number of Topliss-reactive ketones (excluding diaryl/α,β-unsaturated/α-hetero) is 1. The summed E-state index contributed by atoms with van der Waals surface area (Å²) in [6.07, 6.45) is 9.34. The van der Waals surface area contributed by atoms with Gasteiger partial charge in [0.2, 0.25) is 5.76 Å². The fourth-order valence-electron chi connectivity index (χ4n) is 9.90. The van der Waals surface area contributed by atoms with Crippen LogP contribution in [0, 0.1) is 11.8 Å². The largest absolute Gasteiger partial charge is 0.496 e. The summed E-state index contributed by atoms with van der Waals surface area (Å²) in [6.45, 7) is 4.50. The highest BCUT2D eigenvalue weighted by molar-refractivity contribution is 6.11. The van der Waals surface area contributed by atoms with Gasteiger partial charge in [-0.25, -0.2) is 4.79 Å². The van der Waals surface area contributed by atoms with Gasteiger partial charge in [0.1, 0.15) is 34.7 Å². The molecule has 8 rings (SSSR count). The first kappa shape index (κ1) is 38.1. The van der Waals surface area contributed by atoms with Crippen molar-refractivity contribution in [1.29, 1.82) is 0 Å². The maximum atomic E-state index is 13.6. The Morgan fingerprint density at radius 2 is 2.02 bits per heavy atom. The number of nitrogens with one attached hydrogen (secondary N) is 1. The minimum Gasteiger partial charge on any atom is -0.496 e. The third-order valence-corrected chi connectivity index (χ3v) is 12.5. The normalized spacial score (nSPS) is 27.3. The van der Waals surface area contributed by atoms with E-state index < -0.39 is 30.2 Å². The van der Waals surface area contributed by atoms with Gasteiger partial charge in [-0.2, -0.15) is 0 Å². The lowest BCUT2D eigenvalue weighted by Gasteiger charge is -2.49. The molecule has 2 fully saturated rings. The lowest BCUT2D eigenvalue weighted by Crippen LogP contribution is -2.58. The Bertz CT molecular complexity index is 2150. The number of methoxy groups -OCH3 is 2. The Morgan fingerprint density at radius 3 is 2.79 bits per heavy atom. The quantitative estimate of drug-likeness (QED) is 0.100. The zero-order valence-corrected chi connectivity index (χ0v) is 32.2. The van der Waals surface area contributed by atoms with Crippen LogP contribution in [-0.2, 0) is 36.9 Å². The van der Waals surface area contributed by atoms with Crippen molar-refractivity contribution in [3.8, 4) is 17.2 Å². The van der Waals surface area contributed by atoms with Crippen LogP contribution in [0.25, 0.3) is 16.5 Å². The highest BCUT2D eigenvalue weighted by Crippen LogP contribution is 2.57. The van der Waals surface area contributed by atoms with Gasteiger partial charge in [0.15, 0.2) is 6.29 Å². The number of hydrogen-bond acceptors (Lipinski definition) is 11. The molecule has 296 valence electrons. The number of aldehydes is 1.